The van der Waals surface area contributed by atoms with Crippen molar-refractivity contribution in [2.45, 2.75) is 13.2 Å². The first-order chi connectivity index (χ1) is 11.2. The molecule has 2 aromatic rings. The monoisotopic (exact) mass is 310 g/mol. The molecule has 0 fully saturated rings. The van der Waals surface area contributed by atoms with Crippen LogP contribution in [0, 0.1) is 5.92 Å². The summed E-state index contributed by atoms with van der Waals surface area (Å²) in [6, 6.07) is 18.5. The van der Waals surface area contributed by atoms with Crippen LogP contribution < -0.4 is 0 Å². The van der Waals surface area contributed by atoms with Gasteiger partial charge in [0.2, 0.25) is 0 Å². The SMILES string of the molecule is C=CC(C(=O)OCc1ccccc1)C(=O)OCc1ccccc1. The van der Waals surface area contributed by atoms with Crippen LogP contribution in [0.1, 0.15) is 11.1 Å². The Labute approximate surface area is 135 Å². The Morgan fingerprint density at radius 2 is 1.22 bits per heavy atom. The molecule has 0 saturated carbocycles. The molecule has 0 aliphatic rings. The lowest BCUT2D eigenvalue weighted by Gasteiger charge is -2.12. The molecule has 118 valence electrons. The summed E-state index contributed by atoms with van der Waals surface area (Å²) in [6.45, 7) is 3.73. The van der Waals surface area contributed by atoms with E-state index in [4.69, 9.17) is 9.47 Å². The highest BCUT2D eigenvalue weighted by Gasteiger charge is 2.26. The zero-order valence-corrected chi connectivity index (χ0v) is 12.7. The summed E-state index contributed by atoms with van der Waals surface area (Å²) in [5.74, 6) is -2.45. The van der Waals surface area contributed by atoms with Gasteiger partial charge in [-0.05, 0) is 11.1 Å². The third kappa shape index (κ3) is 5.11. The molecule has 0 N–H and O–H groups in total. The van der Waals surface area contributed by atoms with Gasteiger partial charge in [0.15, 0.2) is 5.92 Å². The summed E-state index contributed by atoms with van der Waals surface area (Å²) in [5, 5.41) is 0. The molecule has 4 nitrogen and oxygen atoms in total. The molecule has 4 heteroatoms. The summed E-state index contributed by atoms with van der Waals surface area (Å²) in [5.41, 5.74) is 1.70. The number of ether oxygens (including phenoxy) is 2. The summed E-state index contributed by atoms with van der Waals surface area (Å²) in [7, 11) is 0. The van der Waals surface area contributed by atoms with E-state index in [1.165, 1.54) is 6.08 Å². The highest BCUT2D eigenvalue weighted by atomic mass is 16.6. The van der Waals surface area contributed by atoms with Crippen LogP contribution in [-0.4, -0.2) is 11.9 Å². The standard InChI is InChI=1S/C19H18O4/c1-2-17(18(20)22-13-15-9-5-3-6-10-15)19(21)23-14-16-11-7-4-8-12-16/h2-12,17H,1,13-14H2. The fourth-order valence-electron chi connectivity index (χ4n) is 1.93. The summed E-state index contributed by atoms with van der Waals surface area (Å²) < 4.78 is 10.3. The Morgan fingerprint density at radius 3 is 1.57 bits per heavy atom. The van der Waals surface area contributed by atoms with Gasteiger partial charge in [0.05, 0.1) is 0 Å². The third-order valence-electron chi connectivity index (χ3n) is 3.19. The topological polar surface area (TPSA) is 52.6 Å². The van der Waals surface area contributed by atoms with E-state index < -0.39 is 17.9 Å². The van der Waals surface area contributed by atoms with E-state index in [-0.39, 0.29) is 13.2 Å². The van der Waals surface area contributed by atoms with Crippen LogP contribution in [0.3, 0.4) is 0 Å². The Kier molecular flexibility index (Phi) is 6.12. The predicted octanol–water partition coefficient (Wildman–Crippen LogP) is 3.28. The largest absolute Gasteiger partial charge is 0.460 e. The number of carbonyl (C=O) groups is 2. The maximum atomic E-state index is 12.0. The zero-order valence-electron chi connectivity index (χ0n) is 12.7. The van der Waals surface area contributed by atoms with Crippen LogP contribution in [0.2, 0.25) is 0 Å². The molecule has 0 spiro atoms. The number of carbonyl (C=O) groups excluding carboxylic acids is 2. The minimum atomic E-state index is -1.12. The van der Waals surface area contributed by atoms with Gasteiger partial charge in [-0.1, -0.05) is 66.7 Å². The minimum Gasteiger partial charge on any atom is -0.460 e. The first-order valence-electron chi connectivity index (χ1n) is 7.24. The van der Waals surface area contributed by atoms with Crippen LogP contribution in [0.25, 0.3) is 0 Å². The highest BCUT2D eigenvalue weighted by Crippen LogP contribution is 2.10. The second-order valence-electron chi connectivity index (χ2n) is 4.90. The van der Waals surface area contributed by atoms with Gasteiger partial charge >= 0.3 is 11.9 Å². The van der Waals surface area contributed by atoms with Crippen molar-refractivity contribution in [2.24, 2.45) is 5.92 Å². The molecule has 0 aromatic heterocycles. The van der Waals surface area contributed by atoms with Crippen molar-refractivity contribution in [3.05, 3.63) is 84.4 Å². The molecule has 0 saturated heterocycles. The summed E-state index contributed by atoms with van der Waals surface area (Å²) in [4.78, 5) is 24.0. The van der Waals surface area contributed by atoms with E-state index in [1.54, 1.807) is 0 Å². The average Bonchev–Trinajstić information content (AvgIpc) is 2.60. The summed E-state index contributed by atoms with van der Waals surface area (Å²) in [6.07, 6.45) is 1.24. The fourth-order valence-corrected chi connectivity index (χ4v) is 1.93. The number of hydrogen-bond donors (Lipinski definition) is 0. The lowest BCUT2D eigenvalue weighted by atomic mass is 10.1. The normalized spacial score (nSPS) is 10.1. The predicted molar refractivity (Wildman–Crippen MR) is 86.2 cm³/mol. The molecule has 0 aliphatic heterocycles. The first-order valence-corrected chi connectivity index (χ1v) is 7.24. The molecule has 0 unspecified atom stereocenters. The van der Waals surface area contributed by atoms with Crippen molar-refractivity contribution in [1.82, 2.24) is 0 Å². The van der Waals surface area contributed by atoms with Gasteiger partial charge in [0.25, 0.3) is 0 Å². The smallest absolute Gasteiger partial charge is 0.324 e. The molecular weight excluding hydrogens is 292 g/mol. The molecule has 0 atom stereocenters. The quantitative estimate of drug-likeness (QED) is 0.447. The molecule has 0 aliphatic carbocycles. The van der Waals surface area contributed by atoms with Gasteiger partial charge in [-0.15, -0.1) is 6.58 Å². The maximum Gasteiger partial charge on any atom is 0.324 e. The summed E-state index contributed by atoms with van der Waals surface area (Å²) >= 11 is 0. The third-order valence-corrected chi connectivity index (χ3v) is 3.19. The number of hydrogen-bond acceptors (Lipinski definition) is 4. The van der Waals surface area contributed by atoms with Crippen molar-refractivity contribution in [3.8, 4) is 0 Å². The van der Waals surface area contributed by atoms with E-state index >= 15 is 0 Å². The van der Waals surface area contributed by atoms with Crippen LogP contribution in [0.5, 0.6) is 0 Å². The van der Waals surface area contributed by atoms with Gasteiger partial charge in [0.1, 0.15) is 13.2 Å². The minimum absolute atomic E-state index is 0.107. The number of benzene rings is 2. The molecule has 0 heterocycles. The zero-order chi connectivity index (χ0) is 16.5. The molecular formula is C19H18O4. The van der Waals surface area contributed by atoms with E-state index in [1.807, 2.05) is 60.7 Å². The molecule has 0 amide bonds. The van der Waals surface area contributed by atoms with Crippen molar-refractivity contribution in [2.75, 3.05) is 0 Å². The number of esters is 2. The maximum absolute atomic E-state index is 12.0. The van der Waals surface area contributed by atoms with E-state index in [0.717, 1.165) is 11.1 Å². The van der Waals surface area contributed by atoms with Crippen LogP contribution in [-0.2, 0) is 32.3 Å². The lowest BCUT2D eigenvalue weighted by molar-refractivity contribution is -0.161. The molecule has 0 radical (unpaired) electrons. The van der Waals surface area contributed by atoms with E-state index in [2.05, 4.69) is 6.58 Å². The van der Waals surface area contributed by atoms with Crippen LogP contribution in [0.15, 0.2) is 73.3 Å². The van der Waals surface area contributed by atoms with E-state index in [9.17, 15) is 9.59 Å². The molecule has 2 rings (SSSR count). The first kappa shape index (κ1) is 16.5. The lowest BCUT2D eigenvalue weighted by Crippen LogP contribution is -2.26. The van der Waals surface area contributed by atoms with Gasteiger partial charge in [-0.3, -0.25) is 9.59 Å². The van der Waals surface area contributed by atoms with E-state index in [0.29, 0.717) is 0 Å². The van der Waals surface area contributed by atoms with Crippen LogP contribution >= 0.6 is 0 Å². The Morgan fingerprint density at radius 1 is 0.826 bits per heavy atom. The Bertz CT molecular complexity index is 594. The fraction of sp³-hybridized carbons (Fsp3) is 0.158. The molecule has 0 bridgehead atoms. The van der Waals surface area contributed by atoms with Gasteiger partial charge in [0, 0.05) is 0 Å². The second kappa shape index (κ2) is 8.54. The van der Waals surface area contributed by atoms with Crippen molar-refractivity contribution >= 4 is 11.9 Å². The van der Waals surface area contributed by atoms with Crippen LogP contribution in [0.4, 0.5) is 0 Å². The van der Waals surface area contributed by atoms with Gasteiger partial charge in [-0.25, -0.2) is 0 Å². The second-order valence-corrected chi connectivity index (χ2v) is 4.90. The van der Waals surface area contributed by atoms with Crippen molar-refractivity contribution < 1.29 is 19.1 Å². The number of rotatable bonds is 7. The molecule has 23 heavy (non-hydrogen) atoms. The van der Waals surface area contributed by atoms with Crippen molar-refractivity contribution in [1.29, 1.82) is 0 Å². The molecule has 2 aromatic carbocycles. The Balaban J connectivity index is 1.86. The Hall–Kier alpha value is -2.88. The highest BCUT2D eigenvalue weighted by molar-refractivity contribution is 5.96. The van der Waals surface area contributed by atoms with Gasteiger partial charge < -0.3 is 9.47 Å². The average molecular weight is 310 g/mol. The van der Waals surface area contributed by atoms with Crippen molar-refractivity contribution in [3.63, 3.8) is 0 Å². The van der Waals surface area contributed by atoms with Gasteiger partial charge in [-0.2, -0.15) is 0 Å².